The second-order valence-corrected chi connectivity index (χ2v) is 6.34. The van der Waals surface area contributed by atoms with Gasteiger partial charge in [-0.1, -0.05) is 29.8 Å². The molecule has 0 amide bonds. The quantitative estimate of drug-likeness (QED) is 0.857. The number of benzene rings is 1. The highest BCUT2D eigenvalue weighted by Crippen LogP contribution is 2.18. The Kier molecular flexibility index (Phi) is 4.81. The van der Waals surface area contributed by atoms with Gasteiger partial charge in [-0.15, -0.1) is 11.3 Å². The van der Waals surface area contributed by atoms with Gasteiger partial charge in [-0.05, 0) is 36.1 Å². The highest BCUT2D eigenvalue weighted by atomic mass is 35.5. The molecule has 1 unspecified atom stereocenters. The van der Waals surface area contributed by atoms with Crippen LogP contribution in [-0.4, -0.2) is 16.6 Å². The van der Waals surface area contributed by atoms with Crippen LogP contribution in [0.2, 0.25) is 5.02 Å². The molecule has 0 aliphatic heterocycles. The molecule has 0 aliphatic carbocycles. The maximum absolute atomic E-state index is 11.6. The van der Waals surface area contributed by atoms with Gasteiger partial charge in [0.15, 0.2) is 0 Å². The summed E-state index contributed by atoms with van der Waals surface area (Å²) in [6.07, 6.45) is 0.408. The molecule has 1 aromatic heterocycles. The molecule has 0 radical (unpaired) electrons. The molecular formula is C15H16ClNO2S. The Hall–Kier alpha value is -1.36. The Labute approximate surface area is 127 Å². The van der Waals surface area contributed by atoms with E-state index in [0.29, 0.717) is 18.0 Å². The van der Waals surface area contributed by atoms with E-state index in [-0.39, 0.29) is 0 Å². The topological polar surface area (TPSA) is 49.3 Å². The van der Waals surface area contributed by atoms with Crippen LogP contribution < -0.4 is 5.32 Å². The highest BCUT2D eigenvalue weighted by Gasteiger charge is 2.32. The van der Waals surface area contributed by atoms with Gasteiger partial charge in [0.05, 0.1) is 0 Å². The van der Waals surface area contributed by atoms with Crippen LogP contribution >= 0.6 is 22.9 Å². The van der Waals surface area contributed by atoms with E-state index in [1.165, 1.54) is 0 Å². The SMILES string of the molecule is CC(Cc1ccc(Cl)cc1)(NCc1cccs1)C(=O)O. The number of rotatable bonds is 6. The molecule has 0 saturated heterocycles. The summed E-state index contributed by atoms with van der Waals surface area (Å²) in [5.41, 5.74) is -0.0596. The first-order valence-electron chi connectivity index (χ1n) is 6.25. The van der Waals surface area contributed by atoms with Crippen molar-refractivity contribution in [2.45, 2.75) is 25.4 Å². The molecule has 106 valence electrons. The van der Waals surface area contributed by atoms with Crippen LogP contribution in [0.5, 0.6) is 0 Å². The first-order valence-corrected chi connectivity index (χ1v) is 7.51. The van der Waals surface area contributed by atoms with Crippen molar-refractivity contribution in [3.05, 3.63) is 57.2 Å². The van der Waals surface area contributed by atoms with E-state index >= 15 is 0 Å². The molecule has 2 rings (SSSR count). The van der Waals surface area contributed by atoms with E-state index in [1.807, 2.05) is 29.6 Å². The van der Waals surface area contributed by atoms with Crippen molar-refractivity contribution in [3.63, 3.8) is 0 Å². The van der Waals surface area contributed by atoms with Crippen molar-refractivity contribution in [1.29, 1.82) is 0 Å². The number of carboxylic acids is 1. The molecule has 0 aliphatic rings. The maximum Gasteiger partial charge on any atom is 0.323 e. The Morgan fingerprint density at radius 1 is 1.35 bits per heavy atom. The molecule has 3 nitrogen and oxygen atoms in total. The molecule has 20 heavy (non-hydrogen) atoms. The number of hydrogen-bond acceptors (Lipinski definition) is 3. The van der Waals surface area contributed by atoms with Gasteiger partial charge in [-0.3, -0.25) is 10.1 Å². The molecule has 0 fully saturated rings. The van der Waals surface area contributed by atoms with E-state index in [9.17, 15) is 9.90 Å². The van der Waals surface area contributed by atoms with Crippen molar-refractivity contribution >= 4 is 28.9 Å². The highest BCUT2D eigenvalue weighted by molar-refractivity contribution is 7.09. The molecule has 0 bridgehead atoms. The average Bonchev–Trinajstić information content (AvgIpc) is 2.92. The Morgan fingerprint density at radius 3 is 2.60 bits per heavy atom. The summed E-state index contributed by atoms with van der Waals surface area (Å²) >= 11 is 7.45. The third kappa shape index (κ3) is 3.82. The second-order valence-electron chi connectivity index (χ2n) is 4.87. The zero-order valence-electron chi connectivity index (χ0n) is 11.1. The van der Waals surface area contributed by atoms with Gasteiger partial charge in [0, 0.05) is 22.9 Å². The molecule has 5 heteroatoms. The summed E-state index contributed by atoms with van der Waals surface area (Å²) in [5, 5.41) is 15.3. The van der Waals surface area contributed by atoms with Crippen LogP contribution in [-0.2, 0) is 17.8 Å². The Morgan fingerprint density at radius 2 is 2.05 bits per heavy atom. The first-order chi connectivity index (χ1) is 9.49. The molecule has 0 spiro atoms. The number of carboxylic acid groups (broad SMARTS) is 1. The number of nitrogens with one attached hydrogen (secondary N) is 1. The van der Waals surface area contributed by atoms with E-state index < -0.39 is 11.5 Å². The van der Waals surface area contributed by atoms with Gasteiger partial charge < -0.3 is 5.11 Å². The standard InChI is InChI=1S/C15H16ClNO2S/c1-15(14(18)19,17-10-13-3-2-8-20-13)9-11-4-6-12(16)7-5-11/h2-8,17H,9-10H2,1H3,(H,18,19). The molecular weight excluding hydrogens is 294 g/mol. The van der Waals surface area contributed by atoms with Gasteiger partial charge in [0.25, 0.3) is 0 Å². The summed E-state index contributed by atoms with van der Waals surface area (Å²) < 4.78 is 0. The predicted octanol–water partition coefficient (Wildman–Crippen LogP) is 3.58. The van der Waals surface area contributed by atoms with Crippen molar-refractivity contribution in [2.75, 3.05) is 0 Å². The zero-order valence-corrected chi connectivity index (χ0v) is 12.7. The van der Waals surface area contributed by atoms with Crippen molar-refractivity contribution < 1.29 is 9.90 Å². The van der Waals surface area contributed by atoms with Crippen molar-refractivity contribution in [2.24, 2.45) is 0 Å². The number of thiophene rings is 1. The summed E-state index contributed by atoms with van der Waals surface area (Å²) in [5.74, 6) is -0.857. The van der Waals surface area contributed by atoms with Gasteiger partial charge in [-0.25, -0.2) is 0 Å². The van der Waals surface area contributed by atoms with Crippen LogP contribution in [0, 0.1) is 0 Å². The lowest BCUT2D eigenvalue weighted by atomic mass is 9.93. The summed E-state index contributed by atoms with van der Waals surface area (Å²) in [7, 11) is 0. The summed E-state index contributed by atoms with van der Waals surface area (Å²) in [6, 6.07) is 11.2. The van der Waals surface area contributed by atoms with Crippen LogP contribution in [0.3, 0.4) is 0 Å². The van der Waals surface area contributed by atoms with E-state index in [1.54, 1.807) is 30.4 Å². The number of aliphatic carboxylic acids is 1. The van der Waals surface area contributed by atoms with Crippen LogP contribution in [0.15, 0.2) is 41.8 Å². The Bertz CT molecular complexity index is 568. The van der Waals surface area contributed by atoms with Crippen molar-refractivity contribution in [3.8, 4) is 0 Å². The van der Waals surface area contributed by atoms with Gasteiger partial charge in [0.1, 0.15) is 5.54 Å². The Balaban J connectivity index is 2.08. The zero-order chi connectivity index (χ0) is 14.6. The second kappa shape index (κ2) is 6.39. The minimum Gasteiger partial charge on any atom is -0.480 e. The fraction of sp³-hybridized carbons (Fsp3) is 0.267. The monoisotopic (exact) mass is 309 g/mol. The number of carbonyl (C=O) groups is 1. The fourth-order valence-corrected chi connectivity index (χ4v) is 2.69. The lowest BCUT2D eigenvalue weighted by molar-refractivity contribution is -0.144. The normalized spacial score (nSPS) is 13.9. The van der Waals surface area contributed by atoms with E-state index in [0.717, 1.165) is 10.4 Å². The van der Waals surface area contributed by atoms with Crippen molar-refractivity contribution in [1.82, 2.24) is 5.32 Å². The van der Waals surface area contributed by atoms with E-state index in [4.69, 9.17) is 11.6 Å². The molecule has 2 N–H and O–H groups in total. The molecule has 1 atom stereocenters. The van der Waals surface area contributed by atoms with Gasteiger partial charge in [0.2, 0.25) is 0 Å². The minimum atomic E-state index is -1.00. The largest absolute Gasteiger partial charge is 0.480 e. The molecule has 1 aromatic carbocycles. The number of hydrogen-bond donors (Lipinski definition) is 2. The summed E-state index contributed by atoms with van der Waals surface area (Å²) in [4.78, 5) is 12.7. The average molecular weight is 310 g/mol. The lowest BCUT2D eigenvalue weighted by Crippen LogP contribution is -2.50. The maximum atomic E-state index is 11.6. The van der Waals surface area contributed by atoms with Crippen LogP contribution in [0.25, 0.3) is 0 Å². The third-order valence-electron chi connectivity index (χ3n) is 3.18. The third-order valence-corrected chi connectivity index (χ3v) is 4.30. The summed E-state index contributed by atoms with van der Waals surface area (Å²) in [6.45, 7) is 2.26. The first kappa shape index (κ1) is 15.0. The minimum absolute atomic E-state index is 0.408. The molecule has 1 heterocycles. The molecule has 0 saturated carbocycles. The number of halogens is 1. The van der Waals surface area contributed by atoms with Crippen LogP contribution in [0.4, 0.5) is 0 Å². The van der Waals surface area contributed by atoms with E-state index in [2.05, 4.69) is 5.32 Å². The van der Waals surface area contributed by atoms with Crippen LogP contribution in [0.1, 0.15) is 17.4 Å². The predicted molar refractivity (Wildman–Crippen MR) is 82.4 cm³/mol. The van der Waals surface area contributed by atoms with Gasteiger partial charge >= 0.3 is 5.97 Å². The lowest BCUT2D eigenvalue weighted by Gasteiger charge is -2.26. The van der Waals surface area contributed by atoms with Gasteiger partial charge in [-0.2, -0.15) is 0 Å². The fourth-order valence-electron chi connectivity index (χ4n) is 1.92. The smallest absolute Gasteiger partial charge is 0.323 e. The molecule has 2 aromatic rings.